The second-order valence-electron chi connectivity index (χ2n) is 6.78. The van der Waals surface area contributed by atoms with Crippen LogP contribution in [0.15, 0.2) is 41.7 Å². The summed E-state index contributed by atoms with van der Waals surface area (Å²) in [7, 11) is 3.67. The summed E-state index contributed by atoms with van der Waals surface area (Å²) in [6.07, 6.45) is 3.80. The number of morpholine rings is 1. The van der Waals surface area contributed by atoms with E-state index in [9.17, 15) is 4.79 Å². The standard InChI is InChI=1S/C20H28N6O3.HI/c1-15(27)24-17-5-4-6-18(11-17)28-9-7-22-20(21-2)26-8-10-29-19(14-26)16-12-23-25(3)13-16;/h4-6,11-13,19H,7-10,14H2,1-3H3,(H,21,22)(H,24,27);1H. The molecule has 1 fully saturated rings. The number of amides is 1. The quantitative estimate of drug-likeness (QED) is 0.258. The second kappa shape index (κ2) is 11.7. The Morgan fingerprint density at radius 3 is 2.97 bits per heavy atom. The van der Waals surface area contributed by atoms with Gasteiger partial charge < -0.3 is 25.0 Å². The number of aromatic nitrogens is 2. The zero-order valence-corrected chi connectivity index (χ0v) is 19.8. The molecule has 1 aliphatic heterocycles. The summed E-state index contributed by atoms with van der Waals surface area (Å²) in [6.45, 7) is 4.67. The SMILES string of the molecule is CN=C(NCCOc1cccc(NC(C)=O)c1)N1CCOC(c2cnn(C)c2)C1.I. The van der Waals surface area contributed by atoms with Crippen molar-refractivity contribution in [3.05, 3.63) is 42.2 Å². The van der Waals surface area contributed by atoms with E-state index in [1.165, 1.54) is 6.92 Å². The van der Waals surface area contributed by atoms with Gasteiger partial charge in [0.15, 0.2) is 5.96 Å². The summed E-state index contributed by atoms with van der Waals surface area (Å²) in [6, 6.07) is 7.34. The Morgan fingerprint density at radius 2 is 2.27 bits per heavy atom. The molecule has 0 aliphatic carbocycles. The number of rotatable bonds is 6. The molecule has 0 spiro atoms. The Morgan fingerprint density at radius 1 is 1.43 bits per heavy atom. The zero-order valence-electron chi connectivity index (χ0n) is 17.5. The second-order valence-corrected chi connectivity index (χ2v) is 6.78. The van der Waals surface area contributed by atoms with Gasteiger partial charge >= 0.3 is 0 Å². The highest BCUT2D eigenvalue weighted by atomic mass is 127. The van der Waals surface area contributed by atoms with E-state index in [1.54, 1.807) is 17.8 Å². The lowest BCUT2D eigenvalue weighted by atomic mass is 10.1. The summed E-state index contributed by atoms with van der Waals surface area (Å²) in [4.78, 5) is 17.7. The smallest absolute Gasteiger partial charge is 0.221 e. The number of carbonyl (C=O) groups excluding carboxylic acids is 1. The monoisotopic (exact) mass is 528 g/mol. The third-order valence-corrected chi connectivity index (χ3v) is 4.48. The molecule has 164 valence electrons. The number of halogens is 1. The largest absolute Gasteiger partial charge is 0.492 e. The van der Waals surface area contributed by atoms with Crippen molar-refractivity contribution in [3.8, 4) is 5.75 Å². The van der Waals surface area contributed by atoms with Crippen molar-refractivity contribution in [1.82, 2.24) is 20.0 Å². The lowest BCUT2D eigenvalue weighted by molar-refractivity contribution is -0.114. The maximum atomic E-state index is 11.2. The summed E-state index contributed by atoms with van der Waals surface area (Å²) in [5, 5.41) is 10.3. The van der Waals surface area contributed by atoms with Gasteiger partial charge in [-0.25, -0.2) is 0 Å². The first-order valence-electron chi connectivity index (χ1n) is 9.61. The molecule has 1 saturated heterocycles. The van der Waals surface area contributed by atoms with Crippen LogP contribution in [0.3, 0.4) is 0 Å². The van der Waals surface area contributed by atoms with Gasteiger partial charge in [-0.1, -0.05) is 6.07 Å². The molecule has 1 aromatic heterocycles. The van der Waals surface area contributed by atoms with Crippen LogP contribution in [0, 0.1) is 0 Å². The van der Waals surface area contributed by atoms with Crippen LogP contribution in [0.5, 0.6) is 5.75 Å². The third-order valence-electron chi connectivity index (χ3n) is 4.48. The normalized spacial score (nSPS) is 16.6. The molecule has 9 nitrogen and oxygen atoms in total. The maximum absolute atomic E-state index is 11.2. The van der Waals surface area contributed by atoms with Gasteiger partial charge in [0, 0.05) is 51.1 Å². The van der Waals surface area contributed by atoms with Crippen molar-refractivity contribution in [1.29, 1.82) is 0 Å². The van der Waals surface area contributed by atoms with Gasteiger partial charge in [-0.2, -0.15) is 5.10 Å². The molecule has 1 atom stereocenters. The van der Waals surface area contributed by atoms with Gasteiger partial charge in [-0.05, 0) is 12.1 Å². The van der Waals surface area contributed by atoms with E-state index < -0.39 is 0 Å². The molecule has 2 heterocycles. The van der Waals surface area contributed by atoms with Gasteiger partial charge in [0.2, 0.25) is 5.91 Å². The van der Waals surface area contributed by atoms with Crippen LogP contribution in [0.1, 0.15) is 18.6 Å². The number of hydrogen-bond acceptors (Lipinski definition) is 5. The summed E-state index contributed by atoms with van der Waals surface area (Å²) in [5.74, 6) is 1.41. The summed E-state index contributed by atoms with van der Waals surface area (Å²) < 4.78 is 13.5. The van der Waals surface area contributed by atoms with E-state index in [0.29, 0.717) is 37.7 Å². The van der Waals surface area contributed by atoms with Crippen LogP contribution >= 0.6 is 24.0 Å². The van der Waals surface area contributed by atoms with E-state index in [1.807, 2.05) is 37.6 Å². The van der Waals surface area contributed by atoms with Crippen LogP contribution in [-0.4, -0.2) is 66.4 Å². The predicted octanol–water partition coefficient (Wildman–Crippen LogP) is 2.02. The van der Waals surface area contributed by atoms with E-state index in [-0.39, 0.29) is 36.0 Å². The fourth-order valence-corrected chi connectivity index (χ4v) is 3.18. The molecule has 0 bridgehead atoms. The van der Waals surface area contributed by atoms with Crippen LogP contribution in [0.25, 0.3) is 0 Å². The molecule has 0 radical (unpaired) electrons. The van der Waals surface area contributed by atoms with E-state index in [0.717, 1.165) is 18.1 Å². The first kappa shape index (κ1) is 23.9. The Labute approximate surface area is 193 Å². The van der Waals surface area contributed by atoms with Crippen LogP contribution in [0.2, 0.25) is 0 Å². The molecular weight excluding hydrogens is 499 g/mol. The molecule has 2 aromatic rings. The van der Waals surface area contributed by atoms with Crippen molar-refractivity contribution >= 4 is 41.5 Å². The number of carbonyl (C=O) groups is 1. The highest BCUT2D eigenvalue weighted by molar-refractivity contribution is 14.0. The molecule has 1 aliphatic rings. The average molecular weight is 528 g/mol. The molecule has 3 rings (SSSR count). The molecule has 1 aromatic carbocycles. The van der Waals surface area contributed by atoms with Crippen molar-refractivity contribution in [2.45, 2.75) is 13.0 Å². The molecular formula is C20H29IN6O3. The van der Waals surface area contributed by atoms with Gasteiger partial charge in [0.25, 0.3) is 0 Å². The third kappa shape index (κ3) is 6.87. The predicted molar refractivity (Wildman–Crippen MR) is 126 cm³/mol. The van der Waals surface area contributed by atoms with Crippen LogP contribution < -0.4 is 15.4 Å². The number of nitrogens with one attached hydrogen (secondary N) is 2. The number of aliphatic imine (C=N–C) groups is 1. The molecule has 10 heteroatoms. The highest BCUT2D eigenvalue weighted by Crippen LogP contribution is 2.21. The van der Waals surface area contributed by atoms with Gasteiger partial charge in [0.05, 0.1) is 25.9 Å². The zero-order chi connectivity index (χ0) is 20.6. The molecule has 30 heavy (non-hydrogen) atoms. The minimum Gasteiger partial charge on any atom is -0.492 e. The molecule has 0 saturated carbocycles. The van der Waals surface area contributed by atoms with Gasteiger partial charge in [0.1, 0.15) is 18.5 Å². The number of benzene rings is 1. The Balaban J connectivity index is 0.00000320. The molecule has 2 N–H and O–H groups in total. The summed E-state index contributed by atoms with van der Waals surface area (Å²) in [5.41, 5.74) is 1.78. The first-order chi connectivity index (χ1) is 14.0. The summed E-state index contributed by atoms with van der Waals surface area (Å²) >= 11 is 0. The Kier molecular flexibility index (Phi) is 9.37. The minimum absolute atomic E-state index is 0. The minimum atomic E-state index is -0.109. The number of guanidine groups is 1. The number of anilines is 1. The van der Waals surface area contributed by atoms with E-state index >= 15 is 0 Å². The number of nitrogens with zero attached hydrogens (tertiary/aromatic N) is 4. The van der Waals surface area contributed by atoms with E-state index in [2.05, 4.69) is 25.6 Å². The van der Waals surface area contributed by atoms with E-state index in [4.69, 9.17) is 9.47 Å². The van der Waals surface area contributed by atoms with Crippen LogP contribution in [-0.2, 0) is 16.6 Å². The number of ether oxygens (including phenoxy) is 2. The molecule has 1 amide bonds. The molecule has 1 unspecified atom stereocenters. The first-order valence-corrected chi connectivity index (χ1v) is 9.61. The van der Waals surface area contributed by atoms with Crippen molar-refractivity contribution < 1.29 is 14.3 Å². The Bertz CT molecular complexity index is 857. The average Bonchev–Trinajstić information content (AvgIpc) is 3.14. The topological polar surface area (TPSA) is 93.0 Å². The van der Waals surface area contributed by atoms with Crippen molar-refractivity contribution in [3.63, 3.8) is 0 Å². The Hall–Kier alpha value is -2.34. The van der Waals surface area contributed by atoms with Crippen molar-refractivity contribution in [2.24, 2.45) is 12.0 Å². The van der Waals surface area contributed by atoms with Crippen molar-refractivity contribution in [2.75, 3.05) is 45.2 Å². The van der Waals surface area contributed by atoms with Gasteiger partial charge in [-0.15, -0.1) is 24.0 Å². The maximum Gasteiger partial charge on any atom is 0.221 e. The number of aryl methyl sites for hydroxylation is 1. The highest BCUT2D eigenvalue weighted by Gasteiger charge is 2.25. The fourth-order valence-electron chi connectivity index (χ4n) is 3.18. The lowest BCUT2D eigenvalue weighted by Gasteiger charge is -2.34. The van der Waals surface area contributed by atoms with Crippen LogP contribution in [0.4, 0.5) is 5.69 Å². The fraction of sp³-hybridized carbons (Fsp3) is 0.450. The lowest BCUT2D eigenvalue weighted by Crippen LogP contribution is -2.48. The number of hydrogen-bond donors (Lipinski definition) is 2. The van der Waals surface area contributed by atoms with Gasteiger partial charge in [-0.3, -0.25) is 14.5 Å².